The molecule has 2 aliphatic heterocycles. The van der Waals surface area contributed by atoms with Gasteiger partial charge in [0.25, 0.3) is 0 Å². The first-order valence-corrected chi connectivity index (χ1v) is 18.6. The van der Waals surface area contributed by atoms with E-state index in [0.717, 1.165) is 37.8 Å². The van der Waals surface area contributed by atoms with Crippen molar-refractivity contribution in [3.63, 3.8) is 0 Å². The molecule has 0 aromatic heterocycles. The van der Waals surface area contributed by atoms with Gasteiger partial charge in [0.05, 0.1) is 24.3 Å². The summed E-state index contributed by atoms with van der Waals surface area (Å²) in [4.78, 5) is 25.0. The second-order valence-electron chi connectivity index (χ2n) is 10.6. The van der Waals surface area contributed by atoms with Crippen molar-refractivity contribution in [2.75, 3.05) is 13.2 Å². The van der Waals surface area contributed by atoms with Crippen LogP contribution in [0.3, 0.4) is 0 Å². The minimum absolute atomic E-state index is 0.352. The quantitative estimate of drug-likeness (QED) is 0.210. The van der Waals surface area contributed by atoms with Crippen LogP contribution in [0.15, 0.2) is 24.3 Å². The molecular formula is C26H42O6Si2. The smallest absolute Gasteiger partial charge is 0.338 e. The van der Waals surface area contributed by atoms with E-state index in [9.17, 15) is 9.59 Å². The fourth-order valence-electron chi connectivity index (χ4n) is 5.26. The Morgan fingerprint density at radius 1 is 0.853 bits per heavy atom. The lowest BCUT2D eigenvalue weighted by Crippen LogP contribution is -2.41. The zero-order chi connectivity index (χ0) is 24.6. The van der Waals surface area contributed by atoms with E-state index in [4.69, 9.17) is 18.3 Å². The summed E-state index contributed by atoms with van der Waals surface area (Å²) in [5, 5.41) is 0. The number of hydrogen-bond donors (Lipinski definition) is 0. The molecule has 0 bridgehead atoms. The summed E-state index contributed by atoms with van der Waals surface area (Å²) in [5.41, 5.74) is 0.759. The second-order valence-corrected chi connectivity index (χ2v) is 18.9. The number of carbonyl (C=O) groups excluding carboxylic acids is 2. The van der Waals surface area contributed by atoms with Crippen LogP contribution in [0.5, 0.6) is 0 Å². The molecule has 2 saturated heterocycles. The Morgan fingerprint density at radius 2 is 1.29 bits per heavy atom. The Morgan fingerprint density at radius 3 is 1.71 bits per heavy atom. The van der Waals surface area contributed by atoms with Gasteiger partial charge in [-0.25, -0.2) is 9.59 Å². The number of benzene rings is 1. The van der Waals surface area contributed by atoms with Crippen molar-refractivity contribution in [1.29, 1.82) is 0 Å². The first-order valence-electron chi connectivity index (χ1n) is 13.0. The molecular weight excluding hydrogens is 464 g/mol. The monoisotopic (exact) mass is 506 g/mol. The first kappa shape index (κ1) is 27.1. The van der Waals surface area contributed by atoms with Gasteiger partial charge < -0.3 is 18.3 Å². The largest absolute Gasteiger partial charge is 0.462 e. The number of ether oxygens (including phenoxy) is 2. The van der Waals surface area contributed by atoms with Gasteiger partial charge >= 0.3 is 11.9 Å². The fraction of sp³-hybridized carbons (Fsp3) is 0.692. The zero-order valence-corrected chi connectivity index (χ0v) is 23.4. The Balaban J connectivity index is 1.39. The van der Waals surface area contributed by atoms with Crippen molar-refractivity contribution in [3.8, 4) is 0 Å². The molecule has 2 aliphatic rings. The van der Waals surface area contributed by atoms with E-state index in [1.54, 1.807) is 24.3 Å². The van der Waals surface area contributed by atoms with Crippen LogP contribution in [0.25, 0.3) is 0 Å². The Hall–Kier alpha value is -1.49. The molecule has 2 heterocycles. The second kappa shape index (κ2) is 12.5. The van der Waals surface area contributed by atoms with Gasteiger partial charge in [-0.15, -0.1) is 0 Å². The fourth-order valence-corrected chi connectivity index (χ4v) is 12.1. The van der Waals surface area contributed by atoms with Crippen molar-refractivity contribution >= 4 is 28.6 Å². The first-order chi connectivity index (χ1) is 16.2. The minimum atomic E-state index is -1.67. The standard InChI is InChI=1S/C26H42O6Si2/c1-21-10-6-16-33(3,31-21)18-8-14-29-25(27)23-12-5-13-24(20-23)26(28)30-15-9-19-34(4)17-7-11-22(2)32-34/h5,12-13,20-22H,6-11,14-19H2,1-4H3. The van der Waals surface area contributed by atoms with E-state index in [0.29, 0.717) is 36.5 Å². The highest BCUT2D eigenvalue weighted by molar-refractivity contribution is 6.73. The Labute approximate surface area is 207 Å². The predicted molar refractivity (Wildman–Crippen MR) is 138 cm³/mol. The van der Waals surface area contributed by atoms with Crippen molar-refractivity contribution in [1.82, 2.24) is 0 Å². The van der Waals surface area contributed by atoms with Gasteiger partial charge in [0, 0.05) is 12.2 Å². The average Bonchev–Trinajstić information content (AvgIpc) is 2.79. The lowest BCUT2D eigenvalue weighted by atomic mass is 10.1. The lowest BCUT2D eigenvalue weighted by Gasteiger charge is -2.35. The highest BCUT2D eigenvalue weighted by Crippen LogP contribution is 2.31. The zero-order valence-electron chi connectivity index (χ0n) is 21.4. The van der Waals surface area contributed by atoms with Crippen molar-refractivity contribution in [3.05, 3.63) is 35.4 Å². The van der Waals surface area contributed by atoms with Crippen LogP contribution >= 0.6 is 0 Å². The van der Waals surface area contributed by atoms with Crippen LogP contribution in [-0.4, -0.2) is 54.0 Å². The van der Waals surface area contributed by atoms with Crippen LogP contribution in [0.2, 0.25) is 37.3 Å². The van der Waals surface area contributed by atoms with Gasteiger partial charge in [-0.05, 0) is 95.0 Å². The highest BCUT2D eigenvalue weighted by atomic mass is 28.4. The van der Waals surface area contributed by atoms with Gasteiger partial charge in [-0.3, -0.25) is 0 Å². The Bertz CT molecular complexity index is 770. The van der Waals surface area contributed by atoms with Gasteiger partial charge in [-0.1, -0.05) is 18.9 Å². The topological polar surface area (TPSA) is 71.1 Å². The predicted octanol–water partition coefficient (Wildman–Crippen LogP) is 6.33. The van der Waals surface area contributed by atoms with Crippen molar-refractivity contribution in [2.24, 2.45) is 0 Å². The molecule has 2 fully saturated rings. The third kappa shape index (κ3) is 8.32. The van der Waals surface area contributed by atoms with E-state index in [1.807, 2.05) is 0 Å². The average molecular weight is 507 g/mol. The SMILES string of the molecule is CC1CCC[Si](C)(CCCOC(=O)c2cccc(C(=O)OCCC[Si]3(C)CCCC(C)O3)c2)O1. The summed E-state index contributed by atoms with van der Waals surface area (Å²) in [6.07, 6.45) is 7.09. The van der Waals surface area contributed by atoms with Crippen LogP contribution in [0.1, 0.15) is 73.1 Å². The van der Waals surface area contributed by atoms with Crippen molar-refractivity contribution < 1.29 is 27.9 Å². The van der Waals surface area contributed by atoms with Crippen LogP contribution in [-0.2, 0) is 18.3 Å². The molecule has 0 radical (unpaired) electrons. The maximum absolute atomic E-state index is 12.5. The molecule has 8 heteroatoms. The van der Waals surface area contributed by atoms with Gasteiger partial charge in [0.2, 0.25) is 0 Å². The summed E-state index contributed by atoms with van der Waals surface area (Å²) in [7, 11) is -3.34. The summed E-state index contributed by atoms with van der Waals surface area (Å²) < 4.78 is 23.4. The molecule has 1 aromatic rings. The molecule has 4 atom stereocenters. The molecule has 190 valence electrons. The van der Waals surface area contributed by atoms with E-state index >= 15 is 0 Å². The Kier molecular flexibility index (Phi) is 9.94. The normalized spacial score (nSPS) is 29.4. The summed E-state index contributed by atoms with van der Waals surface area (Å²) in [6, 6.07) is 11.0. The van der Waals surface area contributed by atoms with E-state index in [-0.39, 0.29) is 0 Å². The van der Waals surface area contributed by atoms with E-state index in [1.165, 1.54) is 24.9 Å². The molecule has 4 unspecified atom stereocenters. The number of rotatable bonds is 10. The maximum Gasteiger partial charge on any atom is 0.338 e. The van der Waals surface area contributed by atoms with Gasteiger partial charge in [-0.2, -0.15) is 0 Å². The summed E-state index contributed by atoms with van der Waals surface area (Å²) in [6.45, 7) is 9.61. The van der Waals surface area contributed by atoms with Crippen LogP contribution in [0, 0.1) is 0 Å². The third-order valence-corrected chi connectivity index (χ3v) is 14.7. The van der Waals surface area contributed by atoms with E-state index < -0.39 is 28.6 Å². The molecule has 0 amide bonds. The summed E-state index contributed by atoms with van der Waals surface area (Å²) >= 11 is 0. The molecule has 6 nitrogen and oxygen atoms in total. The minimum Gasteiger partial charge on any atom is -0.462 e. The van der Waals surface area contributed by atoms with E-state index in [2.05, 4.69) is 26.9 Å². The molecule has 1 aromatic carbocycles. The number of carbonyl (C=O) groups is 2. The highest BCUT2D eigenvalue weighted by Gasteiger charge is 2.34. The number of hydrogen-bond acceptors (Lipinski definition) is 6. The van der Waals surface area contributed by atoms with Gasteiger partial charge in [0.1, 0.15) is 0 Å². The molecule has 0 aliphatic carbocycles. The van der Waals surface area contributed by atoms with Crippen LogP contribution in [0.4, 0.5) is 0 Å². The summed E-state index contributed by atoms with van der Waals surface area (Å²) in [5.74, 6) is -0.802. The molecule has 0 saturated carbocycles. The molecule has 3 rings (SSSR count). The molecule has 0 spiro atoms. The van der Waals surface area contributed by atoms with Crippen molar-refractivity contribution in [2.45, 2.75) is 102 Å². The molecule has 0 N–H and O–H groups in total. The maximum atomic E-state index is 12.5. The third-order valence-electron chi connectivity index (χ3n) is 7.10. The van der Waals surface area contributed by atoms with Crippen LogP contribution < -0.4 is 0 Å². The van der Waals surface area contributed by atoms with Gasteiger partial charge in [0.15, 0.2) is 16.6 Å². The number of esters is 2. The molecule has 34 heavy (non-hydrogen) atoms. The lowest BCUT2D eigenvalue weighted by molar-refractivity contribution is 0.0500.